The van der Waals surface area contributed by atoms with Crippen LogP contribution in [0.25, 0.3) is 0 Å². The minimum absolute atomic E-state index is 0.0686. The molecule has 1 aliphatic rings. The number of ketones is 1. The Bertz CT molecular complexity index is 1390. The van der Waals surface area contributed by atoms with Crippen LogP contribution < -0.4 is 20.9 Å². The number of benzodiazepines with no additional fused rings is 1. The Morgan fingerprint density at radius 2 is 1.74 bits per heavy atom. The van der Waals surface area contributed by atoms with E-state index in [0.717, 1.165) is 12.1 Å². The summed E-state index contributed by atoms with van der Waals surface area (Å²) in [5.74, 6) is -0.575. The zero-order chi connectivity index (χ0) is 28.0. The molecule has 3 N–H and O–H groups in total. The summed E-state index contributed by atoms with van der Waals surface area (Å²) >= 11 is 0. The van der Waals surface area contributed by atoms with Crippen molar-refractivity contribution in [2.75, 3.05) is 29.1 Å². The van der Waals surface area contributed by atoms with Crippen molar-refractivity contribution in [3.63, 3.8) is 0 Å². The molecule has 2 heterocycles. The number of benzene rings is 2. The Hall–Kier alpha value is -4.53. The Labute approximate surface area is 228 Å². The van der Waals surface area contributed by atoms with Gasteiger partial charge >= 0.3 is 6.03 Å². The lowest BCUT2D eigenvalue weighted by Crippen LogP contribution is -2.51. The lowest BCUT2D eigenvalue weighted by molar-refractivity contribution is -0.128. The van der Waals surface area contributed by atoms with E-state index in [1.54, 1.807) is 49.6 Å². The molecule has 1 unspecified atom stereocenters. The van der Waals surface area contributed by atoms with Gasteiger partial charge in [-0.1, -0.05) is 57.5 Å². The Morgan fingerprint density at radius 1 is 1.00 bits per heavy atom. The van der Waals surface area contributed by atoms with E-state index in [4.69, 9.17) is 4.99 Å². The molecule has 0 radical (unpaired) electrons. The number of fused-ring (bicyclic) bond motifs is 1. The smallest absolute Gasteiger partial charge is 0.321 e. The van der Waals surface area contributed by atoms with Gasteiger partial charge in [-0.2, -0.15) is 0 Å². The molecular formula is C30H34N6O3. The van der Waals surface area contributed by atoms with Gasteiger partial charge in [0.25, 0.3) is 5.91 Å². The van der Waals surface area contributed by atoms with E-state index < -0.39 is 23.5 Å². The molecule has 39 heavy (non-hydrogen) atoms. The number of urea groups is 1. The zero-order valence-electron chi connectivity index (χ0n) is 22.7. The second-order valence-corrected chi connectivity index (χ2v) is 10.0. The molecule has 1 aromatic heterocycles. The van der Waals surface area contributed by atoms with E-state index in [2.05, 4.69) is 20.9 Å². The molecule has 0 saturated heterocycles. The number of aliphatic imine (C=N–C) groups is 1. The fourth-order valence-corrected chi connectivity index (χ4v) is 4.56. The van der Waals surface area contributed by atoms with Crippen LogP contribution in [-0.2, 0) is 9.59 Å². The number of carbonyl (C=O) groups excluding carboxylic acids is 3. The first-order chi connectivity index (χ1) is 18.7. The topological polar surface area (TPSA) is 116 Å². The Kier molecular flexibility index (Phi) is 8.39. The molecule has 3 aromatic rings. The Morgan fingerprint density at radius 3 is 2.46 bits per heavy atom. The fourth-order valence-electron chi connectivity index (χ4n) is 4.56. The van der Waals surface area contributed by atoms with Gasteiger partial charge in [-0.05, 0) is 42.8 Å². The van der Waals surface area contributed by atoms with E-state index in [-0.39, 0.29) is 12.3 Å². The van der Waals surface area contributed by atoms with Crippen LogP contribution >= 0.6 is 0 Å². The third-order valence-electron chi connectivity index (χ3n) is 6.72. The van der Waals surface area contributed by atoms with Gasteiger partial charge in [0.05, 0.1) is 23.6 Å². The Balaban J connectivity index is 1.73. The first-order valence-electron chi connectivity index (χ1n) is 13.0. The molecular weight excluding hydrogens is 492 g/mol. The number of nitrogens with one attached hydrogen (secondary N) is 3. The zero-order valence-corrected chi connectivity index (χ0v) is 22.7. The summed E-state index contributed by atoms with van der Waals surface area (Å²) in [6, 6.07) is 19.3. The van der Waals surface area contributed by atoms with E-state index in [0.29, 0.717) is 34.8 Å². The van der Waals surface area contributed by atoms with Gasteiger partial charge in [-0.15, -0.1) is 0 Å². The van der Waals surface area contributed by atoms with Crippen LogP contribution in [0.5, 0.6) is 0 Å². The molecule has 0 aliphatic carbocycles. The largest absolute Gasteiger partial charge is 0.388 e. The first kappa shape index (κ1) is 27.5. The van der Waals surface area contributed by atoms with Crippen molar-refractivity contribution in [2.45, 2.75) is 39.8 Å². The third-order valence-corrected chi connectivity index (χ3v) is 6.72. The molecule has 1 aliphatic heterocycles. The summed E-state index contributed by atoms with van der Waals surface area (Å²) in [5, 5.41) is 8.50. The number of aromatic nitrogens is 1. The predicted molar refractivity (Wildman–Crippen MR) is 154 cm³/mol. The van der Waals surface area contributed by atoms with Gasteiger partial charge in [-0.3, -0.25) is 14.6 Å². The van der Waals surface area contributed by atoms with Crippen molar-refractivity contribution in [3.05, 3.63) is 84.2 Å². The van der Waals surface area contributed by atoms with Crippen molar-refractivity contribution < 1.29 is 14.4 Å². The van der Waals surface area contributed by atoms with E-state index in [1.807, 2.05) is 51.1 Å². The van der Waals surface area contributed by atoms with Crippen LogP contribution in [0, 0.1) is 5.41 Å². The number of rotatable bonds is 9. The maximum atomic E-state index is 14.0. The molecule has 0 bridgehead atoms. The molecule has 4 rings (SSSR count). The SMILES string of the molecule is CCCC(C)(C)C(=O)CN1C(=O)C(NC(=O)Nc2cccc(NC)c2)N=C(c2ccccn2)c2ccccc21. The first-order valence-corrected chi connectivity index (χ1v) is 13.0. The van der Waals surface area contributed by atoms with Gasteiger partial charge in [0.2, 0.25) is 6.17 Å². The van der Waals surface area contributed by atoms with Gasteiger partial charge in [0, 0.05) is 35.6 Å². The summed E-state index contributed by atoms with van der Waals surface area (Å²) in [4.78, 5) is 51.1. The van der Waals surface area contributed by atoms with Crippen molar-refractivity contribution in [1.29, 1.82) is 0 Å². The monoisotopic (exact) mass is 526 g/mol. The number of hydrogen-bond donors (Lipinski definition) is 3. The predicted octanol–water partition coefficient (Wildman–Crippen LogP) is 4.85. The van der Waals surface area contributed by atoms with E-state index in [1.165, 1.54) is 4.90 Å². The number of nitrogens with zero attached hydrogens (tertiary/aromatic N) is 3. The molecule has 1 atom stereocenters. The highest BCUT2D eigenvalue weighted by atomic mass is 16.2. The summed E-state index contributed by atoms with van der Waals surface area (Å²) in [7, 11) is 1.78. The normalized spacial score (nSPS) is 15.1. The van der Waals surface area contributed by atoms with E-state index >= 15 is 0 Å². The van der Waals surface area contributed by atoms with Crippen LogP contribution in [0.4, 0.5) is 21.9 Å². The second kappa shape index (κ2) is 11.9. The highest BCUT2D eigenvalue weighted by molar-refractivity contribution is 6.20. The highest BCUT2D eigenvalue weighted by Crippen LogP contribution is 2.30. The second-order valence-electron chi connectivity index (χ2n) is 10.0. The van der Waals surface area contributed by atoms with Gasteiger partial charge in [0.15, 0.2) is 5.78 Å². The maximum absolute atomic E-state index is 14.0. The van der Waals surface area contributed by atoms with Crippen molar-refractivity contribution in [3.8, 4) is 0 Å². The minimum atomic E-state index is -1.29. The van der Waals surface area contributed by atoms with Crippen LogP contribution in [0.15, 0.2) is 77.9 Å². The number of carbonyl (C=O) groups is 3. The maximum Gasteiger partial charge on any atom is 0.321 e. The molecule has 9 heteroatoms. The van der Waals surface area contributed by atoms with Crippen LogP contribution in [0.1, 0.15) is 44.9 Å². The minimum Gasteiger partial charge on any atom is -0.388 e. The standard InChI is InChI=1S/C30H34N6O3/c1-5-16-30(2,3)25(37)19-36-24-15-7-6-13-22(24)26(23-14-8-9-17-32-23)34-27(28(36)38)35-29(39)33-21-12-10-11-20(18-21)31-4/h6-15,17-18,27,31H,5,16,19H2,1-4H3,(H2,33,35,39). The summed E-state index contributed by atoms with van der Waals surface area (Å²) in [6.07, 6.45) is 1.89. The quantitative estimate of drug-likeness (QED) is 0.369. The summed E-state index contributed by atoms with van der Waals surface area (Å²) in [6.45, 7) is 5.67. The van der Waals surface area contributed by atoms with Gasteiger partial charge < -0.3 is 20.9 Å². The molecule has 2 aromatic carbocycles. The van der Waals surface area contributed by atoms with Crippen molar-refractivity contribution >= 4 is 40.5 Å². The van der Waals surface area contributed by atoms with Crippen LogP contribution in [0.3, 0.4) is 0 Å². The number of anilines is 3. The molecule has 202 valence electrons. The highest BCUT2D eigenvalue weighted by Gasteiger charge is 2.37. The van der Waals surface area contributed by atoms with Crippen molar-refractivity contribution in [2.24, 2.45) is 10.4 Å². The van der Waals surface area contributed by atoms with Crippen LogP contribution in [-0.4, -0.2) is 48.2 Å². The lowest BCUT2D eigenvalue weighted by Gasteiger charge is -2.29. The molecule has 3 amide bonds. The molecule has 0 spiro atoms. The van der Waals surface area contributed by atoms with E-state index in [9.17, 15) is 14.4 Å². The summed E-state index contributed by atoms with van der Waals surface area (Å²) < 4.78 is 0. The fraction of sp³-hybridized carbons (Fsp3) is 0.300. The molecule has 0 fully saturated rings. The number of pyridine rings is 1. The van der Waals surface area contributed by atoms with Crippen molar-refractivity contribution in [1.82, 2.24) is 10.3 Å². The van der Waals surface area contributed by atoms with Gasteiger partial charge in [-0.25, -0.2) is 9.79 Å². The lowest BCUT2D eigenvalue weighted by atomic mass is 9.83. The molecule has 9 nitrogen and oxygen atoms in total. The average molecular weight is 527 g/mol. The summed E-state index contributed by atoms with van der Waals surface area (Å²) in [5.41, 5.74) is 2.95. The number of para-hydroxylation sites is 1. The van der Waals surface area contributed by atoms with Crippen LogP contribution in [0.2, 0.25) is 0 Å². The number of hydrogen-bond acceptors (Lipinski definition) is 6. The molecule has 0 saturated carbocycles. The number of Topliss-reactive ketones (excluding diaryl/α,β-unsaturated/α-hetero) is 1. The average Bonchev–Trinajstić information content (AvgIpc) is 3.04. The number of amides is 3. The third kappa shape index (κ3) is 6.31. The van der Waals surface area contributed by atoms with Gasteiger partial charge in [0.1, 0.15) is 0 Å².